The van der Waals surface area contributed by atoms with Crippen molar-refractivity contribution in [2.24, 2.45) is 0 Å². The van der Waals surface area contributed by atoms with Crippen molar-refractivity contribution >= 4 is 68.6 Å². The first-order valence-electron chi connectivity index (χ1n) is 26.3. The summed E-state index contributed by atoms with van der Waals surface area (Å²) in [4.78, 5) is 8.12. The summed E-state index contributed by atoms with van der Waals surface area (Å²) in [7, 11) is 0. The van der Waals surface area contributed by atoms with Gasteiger partial charge in [-0.05, 0) is 158 Å². The van der Waals surface area contributed by atoms with E-state index >= 15 is 0 Å². The van der Waals surface area contributed by atoms with Crippen LogP contribution in [0.3, 0.4) is 0 Å². The van der Waals surface area contributed by atoms with Crippen molar-refractivity contribution in [3.8, 4) is 11.1 Å². The van der Waals surface area contributed by atoms with E-state index in [1.807, 2.05) is 0 Å². The summed E-state index contributed by atoms with van der Waals surface area (Å²) >= 11 is 0. The van der Waals surface area contributed by atoms with E-state index in [1.165, 1.54) is 131 Å². The maximum Gasteiger partial charge on any atom is 0.252 e. The molecule has 5 aliphatic rings. The van der Waals surface area contributed by atoms with E-state index in [0.29, 0.717) is 0 Å². The van der Waals surface area contributed by atoms with Crippen molar-refractivity contribution in [3.05, 3.63) is 172 Å². The first-order chi connectivity index (χ1) is 33.0. The van der Waals surface area contributed by atoms with Crippen molar-refractivity contribution in [1.29, 1.82) is 0 Å². The minimum Gasteiger partial charge on any atom is -0.334 e. The SMILES string of the molecule is Cc1cc2c3c(c1)N(c1cccc4c1-c1ccccc1C4(C)C)c1cc(N4c5ccc(C(C)(C)C)cc5C5(C)CCCCC45C)ccc1B3c1ccc(C(C)(C)C)cc1N2c1cccc(C(C)(C)C)c1. The van der Waals surface area contributed by atoms with E-state index < -0.39 is 0 Å². The van der Waals surface area contributed by atoms with Crippen LogP contribution in [0.5, 0.6) is 0 Å². The number of benzene rings is 7. The van der Waals surface area contributed by atoms with Crippen LogP contribution < -0.4 is 31.1 Å². The Bertz CT molecular complexity index is 3330. The molecule has 1 saturated carbocycles. The topological polar surface area (TPSA) is 9.72 Å². The van der Waals surface area contributed by atoms with Gasteiger partial charge < -0.3 is 14.7 Å². The Morgan fingerprint density at radius 2 is 1.06 bits per heavy atom. The van der Waals surface area contributed by atoms with Gasteiger partial charge in [0.25, 0.3) is 6.71 Å². The zero-order chi connectivity index (χ0) is 49.2. The molecule has 3 nitrogen and oxygen atoms in total. The molecule has 2 aliphatic carbocycles. The molecule has 2 unspecified atom stereocenters. The van der Waals surface area contributed by atoms with Gasteiger partial charge in [0.2, 0.25) is 0 Å². The summed E-state index contributed by atoms with van der Waals surface area (Å²) in [6.45, 7) is 33.5. The van der Waals surface area contributed by atoms with Crippen molar-refractivity contribution in [3.63, 3.8) is 0 Å². The van der Waals surface area contributed by atoms with E-state index in [2.05, 4.69) is 245 Å². The van der Waals surface area contributed by atoms with Crippen LogP contribution in [0.1, 0.15) is 155 Å². The van der Waals surface area contributed by atoms with Gasteiger partial charge in [-0.25, -0.2) is 0 Å². The first-order valence-corrected chi connectivity index (χ1v) is 26.3. The number of hydrogen-bond donors (Lipinski definition) is 0. The number of anilines is 8. The average molecular weight is 918 g/mol. The highest BCUT2D eigenvalue weighted by Gasteiger charge is 2.58. The predicted octanol–water partition coefficient (Wildman–Crippen LogP) is 16.0. The smallest absolute Gasteiger partial charge is 0.252 e. The third-order valence-corrected chi connectivity index (χ3v) is 18.1. The van der Waals surface area contributed by atoms with E-state index in [4.69, 9.17) is 0 Å². The molecule has 0 spiro atoms. The second-order valence-electron chi connectivity index (χ2n) is 25.9. The average Bonchev–Trinajstić information content (AvgIpc) is 3.67. The molecule has 354 valence electrons. The van der Waals surface area contributed by atoms with E-state index in [-0.39, 0.29) is 39.3 Å². The Hall–Kier alpha value is -6.00. The highest BCUT2D eigenvalue weighted by Crippen LogP contribution is 2.62. The molecule has 0 aromatic heterocycles. The quantitative estimate of drug-likeness (QED) is 0.164. The standard InChI is InChI=1S/C66H72BN3/c1-41-35-57-60-58(36-41)69(54-26-20-25-49-59(54)47-23-15-16-24-48(47)64(49,11)12)56-40-46(70-53-32-28-43(62(5,6)7)38-50(53)65(13)33-17-18-34-66(65,70)14)29-31-52(56)67(60)51-30-27-44(63(8,9)10)39-55(51)68(57)45-22-19-21-42(37-45)61(2,3)4/h15-16,19-32,35-40H,17-18,33-34H2,1-14H3. The fourth-order valence-electron chi connectivity index (χ4n) is 13.9. The molecule has 70 heavy (non-hydrogen) atoms. The molecule has 4 heteroatoms. The molecule has 1 fully saturated rings. The van der Waals surface area contributed by atoms with Crippen molar-refractivity contribution in [2.75, 3.05) is 14.7 Å². The van der Waals surface area contributed by atoms with E-state index in [0.717, 1.165) is 6.42 Å². The molecule has 3 heterocycles. The van der Waals surface area contributed by atoms with Crippen LogP contribution in [-0.4, -0.2) is 12.3 Å². The Morgan fingerprint density at radius 1 is 0.457 bits per heavy atom. The van der Waals surface area contributed by atoms with Gasteiger partial charge in [0.05, 0.1) is 11.2 Å². The lowest BCUT2D eigenvalue weighted by molar-refractivity contribution is 0.195. The number of nitrogens with zero attached hydrogens (tertiary/aromatic N) is 3. The Morgan fingerprint density at radius 3 is 1.79 bits per heavy atom. The first kappa shape index (κ1) is 45.2. The normalized spacial score (nSPS) is 20.6. The fraction of sp³-hybridized carbons (Fsp3) is 0.364. The lowest BCUT2D eigenvalue weighted by atomic mass is 9.33. The molecule has 7 aromatic carbocycles. The summed E-state index contributed by atoms with van der Waals surface area (Å²) in [5.74, 6) is 0. The molecule has 0 N–H and O–H groups in total. The van der Waals surface area contributed by atoms with Crippen molar-refractivity contribution in [1.82, 2.24) is 0 Å². The number of fused-ring (bicyclic) bond motifs is 10. The molecular weight excluding hydrogens is 846 g/mol. The van der Waals surface area contributed by atoms with Gasteiger partial charge in [-0.3, -0.25) is 0 Å². The molecule has 2 atom stereocenters. The third kappa shape index (κ3) is 6.26. The van der Waals surface area contributed by atoms with Gasteiger partial charge in [0.1, 0.15) is 0 Å². The summed E-state index contributed by atoms with van der Waals surface area (Å²) in [6.07, 6.45) is 4.86. The monoisotopic (exact) mass is 918 g/mol. The summed E-state index contributed by atoms with van der Waals surface area (Å²) in [5.41, 5.74) is 26.5. The predicted molar refractivity (Wildman–Crippen MR) is 302 cm³/mol. The highest BCUT2D eigenvalue weighted by molar-refractivity contribution is 7.00. The van der Waals surface area contributed by atoms with Gasteiger partial charge in [-0.15, -0.1) is 0 Å². The van der Waals surface area contributed by atoms with Crippen LogP contribution in [-0.2, 0) is 27.1 Å². The lowest BCUT2D eigenvalue weighted by Crippen LogP contribution is -2.61. The van der Waals surface area contributed by atoms with Crippen LogP contribution in [0.15, 0.2) is 133 Å². The van der Waals surface area contributed by atoms with Gasteiger partial charge in [0, 0.05) is 56.2 Å². The molecule has 0 radical (unpaired) electrons. The van der Waals surface area contributed by atoms with Gasteiger partial charge in [0.15, 0.2) is 0 Å². The summed E-state index contributed by atoms with van der Waals surface area (Å²) in [5, 5.41) is 0. The Kier molecular flexibility index (Phi) is 9.54. The zero-order valence-corrected chi connectivity index (χ0v) is 44.4. The number of hydrogen-bond acceptors (Lipinski definition) is 3. The molecule has 7 aromatic rings. The van der Waals surface area contributed by atoms with Crippen LogP contribution in [0.4, 0.5) is 45.5 Å². The van der Waals surface area contributed by atoms with Crippen LogP contribution in [0.2, 0.25) is 0 Å². The molecular formula is C66H72BN3. The maximum absolute atomic E-state index is 2.80. The molecule has 3 aliphatic heterocycles. The second kappa shape index (κ2) is 14.8. The number of aryl methyl sites for hydroxylation is 1. The molecule has 0 amide bonds. The molecule has 12 rings (SSSR count). The zero-order valence-electron chi connectivity index (χ0n) is 44.4. The fourth-order valence-corrected chi connectivity index (χ4v) is 13.9. The number of rotatable bonds is 3. The molecule has 0 bridgehead atoms. The maximum atomic E-state index is 2.80. The largest absolute Gasteiger partial charge is 0.334 e. The Labute approximate surface area is 420 Å². The minimum absolute atomic E-state index is 0.00147. The van der Waals surface area contributed by atoms with Crippen molar-refractivity contribution in [2.45, 2.75) is 155 Å². The molecule has 0 saturated heterocycles. The summed E-state index contributed by atoms with van der Waals surface area (Å²) < 4.78 is 0. The van der Waals surface area contributed by atoms with Crippen LogP contribution in [0.25, 0.3) is 11.1 Å². The third-order valence-electron chi connectivity index (χ3n) is 18.1. The van der Waals surface area contributed by atoms with Crippen molar-refractivity contribution < 1.29 is 0 Å². The Balaban J connectivity index is 1.17. The van der Waals surface area contributed by atoms with Gasteiger partial charge in [-0.1, -0.05) is 175 Å². The van der Waals surface area contributed by atoms with E-state index in [1.54, 1.807) is 0 Å². The minimum atomic E-state index is -0.138. The van der Waals surface area contributed by atoms with Crippen LogP contribution in [0, 0.1) is 6.92 Å². The lowest BCUT2D eigenvalue weighted by Gasteiger charge is -2.51. The summed E-state index contributed by atoms with van der Waals surface area (Å²) in [6, 6.07) is 53.2. The van der Waals surface area contributed by atoms with E-state index in [9.17, 15) is 0 Å². The van der Waals surface area contributed by atoms with Gasteiger partial charge >= 0.3 is 0 Å². The second-order valence-corrected chi connectivity index (χ2v) is 25.9. The highest BCUT2D eigenvalue weighted by atomic mass is 15.3. The van der Waals surface area contributed by atoms with Crippen LogP contribution >= 0.6 is 0 Å². The van der Waals surface area contributed by atoms with Gasteiger partial charge in [-0.2, -0.15) is 0 Å².